The van der Waals surface area contributed by atoms with Gasteiger partial charge in [0.05, 0.1) is 0 Å². The highest BCUT2D eigenvalue weighted by molar-refractivity contribution is 7.98. The van der Waals surface area contributed by atoms with Gasteiger partial charge in [0.2, 0.25) is 0 Å². The molecule has 0 unspecified atom stereocenters. The average Bonchev–Trinajstić information content (AvgIpc) is 2.48. The number of carbonyl (C=O) groups is 1. The van der Waals surface area contributed by atoms with Gasteiger partial charge in [-0.1, -0.05) is 35.9 Å². The number of thioether (sulfide) groups is 1. The maximum Gasteiger partial charge on any atom is 0.194 e. The predicted octanol–water partition coefficient (Wildman–Crippen LogP) is 4.18. The second-order valence-corrected chi connectivity index (χ2v) is 5.37. The van der Waals surface area contributed by atoms with E-state index in [1.807, 2.05) is 36.4 Å². The monoisotopic (exact) mass is 260 g/mol. The van der Waals surface area contributed by atoms with Crippen molar-refractivity contribution in [2.24, 2.45) is 0 Å². The molecule has 0 spiro atoms. The van der Waals surface area contributed by atoms with Crippen molar-refractivity contribution in [3.8, 4) is 0 Å². The molecular weight excluding hydrogens is 252 g/mol. The van der Waals surface area contributed by atoms with E-state index in [4.69, 9.17) is 11.6 Å². The number of halogens is 1. The van der Waals surface area contributed by atoms with E-state index >= 15 is 0 Å². The van der Waals surface area contributed by atoms with Crippen LogP contribution in [-0.4, -0.2) is 5.78 Å². The van der Waals surface area contributed by atoms with Crippen LogP contribution in [0.3, 0.4) is 0 Å². The van der Waals surface area contributed by atoms with Gasteiger partial charge >= 0.3 is 0 Å². The Balaban J connectivity index is 2.20. The summed E-state index contributed by atoms with van der Waals surface area (Å²) in [5.74, 6) is 0.909. The molecule has 3 heteroatoms. The molecule has 0 saturated heterocycles. The van der Waals surface area contributed by atoms with Crippen molar-refractivity contribution in [3.05, 3.63) is 64.2 Å². The van der Waals surface area contributed by atoms with Crippen molar-refractivity contribution in [2.45, 2.75) is 10.6 Å². The molecular formula is C14H9ClOS. The van der Waals surface area contributed by atoms with Crippen molar-refractivity contribution < 1.29 is 4.79 Å². The van der Waals surface area contributed by atoms with E-state index in [2.05, 4.69) is 0 Å². The summed E-state index contributed by atoms with van der Waals surface area (Å²) in [6.45, 7) is 0. The topological polar surface area (TPSA) is 17.1 Å². The van der Waals surface area contributed by atoms with Crippen LogP contribution in [0.15, 0.2) is 47.4 Å². The van der Waals surface area contributed by atoms with E-state index in [1.165, 1.54) is 0 Å². The molecule has 0 N–H and O–H groups in total. The van der Waals surface area contributed by atoms with Gasteiger partial charge in [-0.05, 0) is 23.8 Å². The molecule has 1 nitrogen and oxygen atoms in total. The van der Waals surface area contributed by atoms with E-state index in [0.717, 1.165) is 27.3 Å². The zero-order chi connectivity index (χ0) is 11.8. The molecule has 2 aromatic rings. The van der Waals surface area contributed by atoms with E-state index in [0.29, 0.717) is 5.02 Å². The van der Waals surface area contributed by atoms with Crippen molar-refractivity contribution >= 4 is 29.1 Å². The van der Waals surface area contributed by atoms with Gasteiger partial charge in [0.1, 0.15) is 0 Å². The molecule has 3 rings (SSSR count). The first-order valence-corrected chi connectivity index (χ1v) is 6.67. The number of hydrogen-bond acceptors (Lipinski definition) is 2. The van der Waals surface area contributed by atoms with Gasteiger partial charge in [0.25, 0.3) is 0 Å². The highest BCUT2D eigenvalue weighted by atomic mass is 35.5. The Kier molecular flexibility index (Phi) is 2.69. The van der Waals surface area contributed by atoms with Crippen LogP contribution in [-0.2, 0) is 5.75 Å². The zero-order valence-electron chi connectivity index (χ0n) is 8.94. The summed E-state index contributed by atoms with van der Waals surface area (Å²) in [6.07, 6.45) is 0. The predicted molar refractivity (Wildman–Crippen MR) is 70.9 cm³/mol. The van der Waals surface area contributed by atoms with Gasteiger partial charge in [-0.15, -0.1) is 11.8 Å². The number of ketones is 1. The summed E-state index contributed by atoms with van der Waals surface area (Å²) in [4.78, 5) is 13.4. The lowest BCUT2D eigenvalue weighted by molar-refractivity contribution is 0.103. The molecule has 2 aromatic carbocycles. The third kappa shape index (κ3) is 1.88. The van der Waals surface area contributed by atoms with Crippen LogP contribution < -0.4 is 0 Å². The summed E-state index contributed by atoms with van der Waals surface area (Å²) in [5.41, 5.74) is 2.65. The van der Waals surface area contributed by atoms with Crippen molar-refractivity contribution in [1.82, 2.24) is 0 Å². The Labute approximate surface area is 109 Å². The summed E-state index contributed by atoms with van der Waals surface area (Å²) in [7, 11) is 0. The maximum absolute atomic E-state index is 12.4. The minimum absolute atomic E-state index is 0.0947. The number of fused-ring (bicyclic) bond motifs is 2. The SMILES string of the molecule is O=C1c2ccccc2CSc2cc(Cl)ccc21. The number of rotatable bonds is 0. The molecule has 0 aromatic heterocycles. The van der Waals surface area contributed by atoms with E-state index in [1.54, 1.807) is 17.8 Å². The van der Waals surface area contributed by atoms with Crippen LogP contribution in [0.5, 0.6) is 0 Å². The second-order valence-electron chi connectivity index (χ2n) is 3.92. The third-order valence-corrected chi connectivity index (χ3v) is 4.17. The lowest BCUT2D eigenvalue weighted by atomic mass is 9.99. The van der Waals surface area contributed by atoms with Crippen LogP contribution >= 0.6 is 23.4 Å². The van der Waals surface area contributed by atoms with Crippen LogP contribution in [0.4, 0.5) is 0 Å². The fourth-order valence-electron chi connectivity index (χ4n) is 1.97. The van der Waals surface area contributed by atoms with Gasteiger partial charge in [-0.2, -0.15) is 0 Å². The first kappa shape index (κ1) is 10.9. The molecule has 0 atom stereocenters. The van der Waals surface area contributed by atoms with E-state index < -0.39 is 0 Å². The fourth-order valence-corrected chi connectivity index (χ4v) is 3.30. The molecule has 0 saturated carbocycles. The summed E-state index contributed by atoms with van der Waals surface area (Å²) < 4.78 is 0. The normalized spacial score (nSPS) is 13.8. The number of hydrogen-bond donors (Lipinski definition) is 0. The molecule has 84 valence electrons. The molecule has 1 heterocycles. The first-order valence-electron chi connectivity index (χ1n) is 5.30. The lowest BCUT2D eigenvalue weighted by Crippen LogP contribution is -2.03. The van der Waals surface area contributed by atoms with Gasteiger partial charge in [-0.3, -0.25) is 4.79 Å². The largest absolute Gasteiger partial charge is 0.289 e. The molecule has 0 aliphatic carbocycles. The summed E-state index contributed by atoms with van der Waals surface area (Å²) in [5, 5.41) is 0.676. The molecule has 1 aliphatic rings. The summed E-state index contributed by atoms with van der Waals surface area (Å²) in [6, 6.07) is 13.2. The van der Waals surface area contributed by atoms with Crippen LogP contribution in [0.25, 0.3) is 0 Å². The molecule has 0 radical (unpaired) electrons. The Bertz CT molecular complexity index is 607. The molecule has 0 amide bonds. The highest BCUT2D eigenvalue weighted by Crippen LogP contribution is 2.35. The molecule has 0 fully saturated rings. The van der Waals surface area contributed by atoms with Gasteiger partial charge in [0.15, 0.2) is 5.78 Å². The zero-order valence-corrected chi connectivity index (χ0v) is 10.5. The maximum atomic E-state index is 12.4. The van der Waals surface area contributed by atoms with E-state index in [-0.39, 0.29) is 5.78 Å². The van der Waals surface area contributed by atoms with Crippen LogP contribution in [0.2, 0.25) is 5.02 Å². The Morgan fingerprint density at radius 2 is 1.88 bits per heavy atom. The van der Waals surface area contributed by atoms with Crippen LogP contribution in [0.1, 0.15) is 21.5 Å². The smallest absolute Gasteiger partial charge is 0.194 e. The van der Waals surface area contributed by atoms with Gasteiger partial charge in [-0.25, -0.2) is 0 Å². The molecule has 17 heavy (non-hydrogen) atoms. The minimum Gasteiger partial charge on any atom is -0.289 e. The van der Waals surface area contributed by atoms with Gasteiger partial charge in [0, 0.05) is 26.8 Å². The molecule has 0 bridgehead atoms. The number of carbonyl (C=O) groups excluding carboxylic acids is 1. The Hall–Kier alpha value is -1.25. The minimum atomic E-state index is 0.0947. The first-order chi connectivity index (χ1) is 8.25. The van der Waals surface area contributed by atoms with Crippen molar-refractivity contribution in [2.75, 3.05) is 0 Å². The molecule has 1 aliphatic heterocycles. The summed E-state index contributed by atoms with van der Waals surface area (Å²) >= 11 is 7.63. The highest BCUT2D eigenvalue weighted by Gasteiger charge is 2.20. The third-order valence-electron chi connectivity index (χ3n) is 2.83. The fraction of sp³-hybridized carbons (Fsp3) is 0.0714. The Morgan fingerprint density at radius 3 is 2.76 bits per heavy atom. The number of benzene rings is 2. The van der Waals surface area contributed by atoms with E-state index in [9.17, 15) is 4.79 Å². The van der Waals surface area contributed by atoms with Crippen LogP contribution in [0, 0.1) is 0 Å². The second kappa shape index (κ2) is 4.21. The standard InChI is InChI=1S/C14H9ClOS/c15-10-5-6-12-13(7-10)17-8-9-3-1-2-4-11(9)14(12)16/h1-7H,8H2. The van der Waals surface area contributed by atoms with Crippen molar-refractivity contribution in [1.29, 1.82) is 0 Å². The quantitative estimate of drug-likeness (QED) is 0.707. The Morgan fingerprint density at radius 1 is 1.06 bits per heavy atom. The lowest BCUT2D eigenvalue weighted by Gasteiger charge is -2.04. The van der Waals surface area contributed by atoms with Crippen molar-refractivity contribution in [3.63, 3.8) is 0 Å². The van der Waals surface area contributed by atoms with Gasteiger partial charge < -0.3 is 0 Å². The average molecular weight is 261 g/mol.